The molecule has 16 heavy (non-hydrogen) atoms. The number of hydrogen-bond acceptors (Lipinski definition) is 5. The molecule has 1 aromatic rings. The second-order valence-corrected chi connectivity index (χ2v) is 4.33. The fraction of sp³-hybridized carbons (Fsp3) is 0.727. The Morgan fingerprint density at radius 1 is 1.69 bits per heavy atom. The lowest BCUT2D eigenvalue weighted by molar-refractivity contribution is 0.151. The molecule has 2 heterocycles. The van der Waals surface area contributed by atoms with Crippen LogP contribution < -0.4 is 5.73 Å². The molecule has 1 aromatic heterocycles. The fourth-order valence-electron chi connectivity index (χ4n) is 2.18. The van der Waals surface area contributed by atoms with Crippen LogP contribution in [-0.2, 0) is 17.8 Å². The quantitative estimate of drug-likeness (QED) is 0.795. The number of nitrogens with two attached hydrogens (primary N) is 1. The van der Waals surface area contributed by atoms with E-state index in [9.17, 15) is 0 Å². The van der Waals surface area contributed by atoms with E-state index in [-0.39, 0.29) is 0 Å². The van der Waals surface area contributed by atoms with Crippen molar-refractivity contribution < 1.29 is 9.26 Å². The van der Waals surface area contributed by atoms with E-state index in [1.165, 1.54) is 6.42 Å². The van der Waals surface area contributed by atoms with E-state index in [0.717, 1.165) is 37.7 Å². The molecule has 2 N–H and O–H groups in total. The molecule has 0 bridgehead atoms. The summed E-state index contributed by atoms with van der Waals surface area (Å²) in [6, 6.07) is 1.93. The topological polar surface area (TPSA) is 64.5 Å². The second kappa shape index (κ2) is 5.43. The van der Waals surface area contributed by atoms with Crippen LogP contribution in [0.4, 0.5) is 0 Å². The van der Waals surface area contributed by atoms with Crippen LogP contribution >= 0.6 is 0 Å². The molecule has 1 aliphatic rings. The van der Waals surface area contributed by atoms with Gasteiger partial charge in [0.05, 0.1) is 18.8 Å². The Labute approximate surface area is 95.5 Å². The molecular formula is C11H19N3O2. The maximum absolute atomic E-state index is 5.48. The predicted molar refractivity (Wildman–Crippen MR) is 59.7 cm³/mol. The minimum absolute atomic E-state index is 0.440. The van der Waals surface area contributed by atoms with E-state index in [0.29, 0.717) is 12.5 Å². The third-order valence-electron chi connectivity index (χ3n) is 2.97. The van der Waals surface area contributed by atoms with Gasteiger partial charge in [-0.1, -0.05) is 5.16 Å². The van der Waals surface area contributed by atoms with Gasteiger partial charge in [0, 0.05) is 26.3 Å². The predicted octanol–water partition coefficient (Wildman–Crippen LogP) is 0.602. The minimum atomic E-state index is 0.440. The van der Waals surface area contributed by atoms with Crippen molar-refractivity contribution in [2.45, 2.75) is 19.5 Å². The molecule has 0 aromatic carbocycles. The Morgan fingerprint density at radius 3 is 3.25 bits per heavy atom. The number of nitrogens with zero attached hydrogens (tertiary/aromatic N) is 2. The van der Waals surface area contributed by atoms with Gasteiger partial charge in [0.2, 0.25) is 0 Å². The van der Waals surface area contributed by atoms with Crippen LogP contribution in [0.2, 0.25) is 0 Å². The van der Waals surface area contributed by atoms with Crippen molar-refractivity contribution in [3.63, 3.8) is 0 Å². The zero-order valence-electron chi connectivity index (χ0n) is 9.69. The number of aromatic nitrogens is 1. The summed E-state index contributed by atoms with van der Waals surface area (Å²) in [7, 11) is 1.76. The molecule has 0 spiro atoms. The minimum Gasteiger partial charge on any atom is -0.384 e. The molecule has 1 saturated heterocycles. The average Bonchev–Trinajstić information content (AvgIpc) is 2.89. The number of rotatable bonds is 5. The lowest BCUT2D eigenvalue weighted by atomic mass is 10.1. The van der Waals surface area contributed by atoms with Crippen molar-refractivity contribution in [2.75, 3.05) is 26.8 Å². The molecule has 2 rings (SSSR count). The average molecular weight is 225 g/mol. The van der Waals surface area contributed by atoms with Crippen molar-refractivity contribution in [1.29, 1.82) is 0 Å². The van der Waals surface area contributed by atoms with Crippen LogP contribution in [0, 0.1) is 5.92 Å². The molecule has 0 amide bonds. The highest BCUT2D eigenvalue weighted by Gasteiger charge is 2.23. The molecule has 5 nitrogen and oxygen atoms in total. The van der Waals surface area contributed by atoms with Crippen LogP contribution in [0.15, 0.2) is 10.6 Å². The van der Waals surface area contributed by atoms with Crippen LogP contribution in [0.25, 0.3) is 0 Å². The highest BCUT2D eigenvalue weighted by atomic mass is 16.5. The monoisotopic (exact) mass is 225 g/mol. The van der Waals surface area contributed by atoms with Gasteiger partial charge in [-0.25, -0.2) is 0 Å². The van der Waals surface area contributed by atoms with Crippen LogP contribution in [0.3, 0.4) is 0 Å². The van der Waals surface area contributed by atoms with Gasteiger partial charge in [-0.3, -0.25) is 4.90 Å². The summed E-state index contributed by atoms with van der Waals surface area (Å²) < 4.78 is 10.4. The van der Waals surface area contributed by atoms with Crippen LogP contribution in [-0.4, -0.2) is 36.9 Å². The molecule has 5 heteroatoms. The lowest BCUT2D eigenvalue weighted by Gasteiger charge is -2.13. The van der Waals surface area contributed by atoms with Gasteiger partial charge in [-0.05, 0) is 18.9 Å². The summed E-state index contributed by atoms with van der Waals surface area (Å²) in [5.74, 6) is 1.56. The number of methoxy groups -OCH3 is 1. The van der Waals surface area contributed by atoms with Crippen molar-refractivity contribution >= 4 is 0 Å². The van der Waals surface area contributed by atoms with Gasteiger partial charge >= 0.3 is 0 Å². The van der Waals surface area contributed by atoms with E-state index < -0.39 is 0 Å². The number of ether oxygens (including phenoxy) is 1. The standard InChI is InChI=1S/C11H19N3O2/c1-15-8-9-2-3-14(6-9)7-11-4-10(5-12)13-16-11/h4,9H,2-3,5-8,12H2,1H3. The summed E-state index contributed by atoms with van der Waals surface area (Å²) in [6.45, 7) is 4.29. The molecule has 0 aliphatic carbocycles. The summed E-state index contributed by atoms with van der Waals surface area (Å²) in [4.78, 5) is 2.37. The van der Waals surface area contributed by atoms with E-state index >= 15 is 0 Å². The van der Waals surface area contributed by atoms with Crippen LogP contribution in [0.1, 0.15) is 17.9 Å². The van der Waals surface area contributed by atoms with Crippen molar-refractivity contribution in [1.82, 2.24) is 10.1 Å². The molecule has 1 fully saturated rings. The Morgan fingerprint density at radius 2 is 2.56 bits per heavy atom. The molecule has 0 saturated carbocycles. The van der Waals surface area contributed by atoms with Crippen molar-refractivity contribution in [2.24, 2.45) is 11.7 Å². The zero-order valence-corrected chi connectivity index (χ0v) is 9.69. The van der Waals surface area contributed by atoms with Gasteiger partial charge < -0.3 is 15.0 Å². The van der Waals surface area contributed by atoms with Gasteiger partial charge in [0.1, 0.15) is 0 Å². The SMILES string of the molecule is COCC1CCN(Cc2cc(CN)no2)C1. The normalized spacial score (nSPS) is 21.8. The largest absolute Gasteiger partial charge is 0.384 e. The number of hydrogen-bond donors (Lipinski definition) is 1. The maximum atomic E-state index is 5.48. The van der Waals surface area contributed by atoms with E-state index in [2.05, 4.69) is 10.1 Å². The third kappa shape index (κ3) is 2.81. The summed E-state index contributed by atoms with van der Waals surface area (Å²) >= 11 is 0. The van der Waals surface area contributed by atoms with Gasteiger partial charge in [0.25, 0.3) is 0 Å². The second-order valence-electron chi connectivity index (χ2n) is 4.33. The summed E-state index contributed by atoms with van der Waals surface area (Å²) in [5.41, 5.74) is 6.30. The fourth-order valence-corrected chi connectivity index (χ4v) is 2.18. The zero-order chi connectivity index (χ0) is 11.4. The Bertz CT molecular complexity index is 327. The molecule has 0 radical (unpaired) electrons. The molecule has 1 atom stereocenters. The molecule has 1 unspecified atom stereocenters. The molecule has 90 valence electrons. The van der Waals surface area contributed by atoms with E-state index in [1.54, 1.807) is 7.11 Å². The Balaban J connectivity index is 1.82. The van der Waals surface area contributed by atoms with E-state index in [1.807, 2.05) is 6.07 Å². The number of likely N-dealkylation sites (tertiary alicyclic amines) is 1. The van der Waals surface area contributed by atoms with Crippen molar-refractivity contribution in [3.8, 4) is 0 Å². The smallest absolute Gasteiger partial charge is 0.151 e. The molecular weight excluding hydrogens is 206 g/mol. The third-order valence-corrected chi connectivity index (χ3v) is 2.97. The summed E-state index contributed by atoms with van der Waals surface area (Å²) in [5, 5.41) is 3.88. The first-order valence-electron chi connectivity index (χ1n) is 5.67. The maximum Gasteiger partial charge on any atom is 0.151 e. The lowest BCUT2D eigenvalue weighted by Crippen LogP contribution is -2.21. The summed E-state index contributed by atoms with van der Waals surface area (Å²) in [6.07, 6.45) is 1.20. The van der Waals surface area contributed by atoms with E-state index in [4.69, 9.17) is 15.0 Å². The highest BCUT2D eigenvalue weighted by molar-refractivity contribution is 5.05. The van der Waals surface area contributed by atoms with Crippen molar-refractivity contribution in [3.05, 3.63) is 17.5 Å². The first-order valence-corrected chi connectivity index (χ1v) is 5.67. The van der Waals surface area contributed by atoms with Gasteiger partial charge in [-0.2, -0.15) is 0 Å². The van der Waals surface area contributed by atoms with Crippen LogP contribution in [0.5, 0.6) is 0 Å². The Hall–Kier alpha value is -0.910. The first kappa shape index (κ1) is 11.6. The molecule has 1 aliphatic heterocycles. The van der Waals surface area contributed by atoms with Gasteiger partial charge in [0.15, 0.2) is 5.76 Å². The Kier molecular flexibility index (Phi) is 3.93. The highest BCUT2D eigenvalue weighted by Crippen LogP contribution is 2.19. The van der Waals surface area contributed by atoms with Gasteiger partial charge in [-0.15, -0.1) is 0 Å². The first-order chi connectivity index (χ1) is 7.81.